The van der Waals surface area contributed by atoms with Gasteiger partial charge < -0.3 is 14.0 Å². The lowest BCUT2D eigenvalue weighted by Crippen LogP contribution is -2.41. The third kappa shape index (κ3) is 3.27. The average molecular weight is 333 g/mol. The predicted octanol–water partition coefficient (Wildman–Crippen LogP) is 2.32. The fraction of sp³-hybridized carbons (Fsp3) is 0.529. The molecule has 4 rings (SSSR count). The second-order valence-corrected chi connectivity index (χ2v) is 6.24. The molecule has 6 nitrogen and oxygen atoms in total. The summed E-state index contributed by atoms with van der Waals surface area (Å²) < 4.78 is 30.4. The summed E-state index contributed by atoms with van der Waals surface area (Å²) in [5, 5.41) is 4.21. The topological polar surface area (TPSA) is 60.6 Å². The zero-order valence-corrected chi connectivity index (χ0v) is 13.4. The lowest BCUT2D eigenvalue weighted by molar-refractivity contribution is 0.0752. The normalized spacial score (nSPS) is 21.5. The summed E-state index contributed by atoms with van der Waals surface area (Å²) in [5.74, 6) is 0.602. The molecule has 4 heterocycles. The summed E-state index contributed by atoms with van der Waals surface area (Å²) in [6.07, 6.45) is 4.15. The number of ether oxygens (including phenoxy) is 2. The van der Waals surface area contributed by atoms with Crippen LogP contribution in [-0.2, 0) is 24.3 Å². The number of likely N-dealkylation sites (tertiary alicyclic amines) is 1. The molecule has 2 aromatic heterocycles. The van der Waals surface area contributed by atoms with Crippen molar-refractivity contribution in [1.29, 1.82) is 0 Å². The molecule has 128 valence electrons. The zero-order chi connectivity index (χ0) is 16.4. The van der Waals surface area contributed by atoms with Crippen molar-refractivity contribution in [2.45, 2.75) is 38.5 Å². The first-order valence-electron chi connectivity index (χ1n) is 8.33. The Labute approximate surface area is 139 Å². The Balaban J connectivity index is 1.40. The number of pyridine rings is 1. The van der Waals surface area contributed by atoms with E-state index in [4.69, 9.17) is 14.0 Å². The molecule has 0 amide bonds. The van der Waals surface area contributed by atoms with Crippen LogP contribution in [0.25, 0.3) is 0 Å². The van der Waals surface area contributed by atoms with Gasteiger partial charge in [0.15, 0.2) is 5.82 Å². The third-order valence-electron chi connectivity index (χ3n) is 4.51. The molecular weight excluding hydrogens is 313 g/mol. The van der Waals surface area contributed by atoms with Crippen molar-refractivity contribution in [2.24, 2.45) is 0 Å². The summed E-state index contributed by atoms with van der Waals surface area (Å²) in [6.45, 7) is 3.65. The molecule has 0 saturated carbocycles. The van der Waals surface area contributed by atoms with Crippen LogP contribution in [0.5, 0.6) is 5.88 Å². The van der Waals surface area contributed by atoms with Gasteiger partial charge in [-0.2, -0.15) is 0 Å². The highest BCUT2D eigenvalue weighted by molar-refractivity contribution is 5.24. The Morgan fingerprint density at radius 3 is 3.29 bits per heavy atom. The van der Waals surface area contributed by atoms with Crippen molar-refractivity contribution in [1.82, 2.24) is 15.0 Å². The average Bonchev–Trinajstić information content (AvgIpc) is 3.01. The van der Waals surface area contributed by atoms with E-state index in [0.29, 0.717) is 19.8 Å². The van der Waals surface area contributed by atoms with Gasteiger partial charge in [-0.15, -0.1) is 0 Å². The van der Waals surface area contributed by atoms with Crippen LogP contribution < -0.4 is 4.74 Å². The Hall–Kier alpha value is -1.99. The first-order valence-corrected chi connectivity index (χ1v) is 8.33. The number of fused-ring (bicyclic) bond motifs is 1. The third-order valence-corrected chi connectivity index (χ3v) is 4.51. The highest BCUT2D eigenvalue weighted by Crippen LogP contribution is 2.24. The Kier molecular flexibility index (Phi) is 4.44. The molecule has 0 aromatic carbocycles. The summed E-state index contributed by atoms with van der Waals surface area (Å²) >= 11 is 0. The number of nitrogens with zero attached hydrogens (tertiary/aromatic N) is 3. The van der Waals surface area contributed by atoms with Crippen LogP contribution in [0.2, 0.25) is 0 Å². The maximum absolute atomic E-state index is 13.7. The molecule has 7 heteroatoms. The van der Waals surface area contributed by atoms with Gasteiger partial charge in [0, 0.05) is 31.3 Å². The Morgan fingerprint density at radius 1 is 1.42 bits per heavy atom. The maximum atomic E-state index is 13.7. The SMILES string of the molecule is Fc1cccnc1OC1CCCN(Cc2noc3c2COCC3)C1. The van der Waals surface area contributed by atoms with Crippen molar-refractivity contribution >= 4 is 0 Å². The van der Waals surface area contributed by atoms with Crippen LogP contribution in [0.4, 0.5) is 4.39 Å². The number of rotatable bonds is 4. The van der Waals surface area contributed by atoms with E-state index in [9.17, 15) is 4.39 Å². The van der Waals surface area contributed by atoms with Crippen LogP contribution in [0.15, 0.2) is 22.9 Å². The van der Waals surface area contributed by atoms with E-state index in [1.807, 2.05) is 0 Å². The second-order valence-electron chi connectivity index (χ2n) is 6.24. The van der Waals surface area contributed by atoms with Crippen LogP contribution >= 0.6 is 0 Å². The van der Waals surface area contributed by atoms with Crippen LogP contribution in [-0.4, -0.2) is 40.8 Å². The van der Waals surface area contributed by atoms with Gasteiger partial charge in [0.2, 0.25) is 0 Å². The molecule has 0 aliphatic carbocycles. The summed E-state index contributed by atoms with van der Waals surface area (Å²) in [5.41, 5.74) is 2.02. The number of hydrogen-bond donors (Lipinski definition) is 0. The fourth-order valence-corrected chi connectivity index (χ4v) is 3.29. The molecule has 0 N–H and O–H groups in total. The lowest BCUT2D eigenvalue weighted by atomic mass is 10.1. The second kappa shape index (κ2) is 6.86. The summed E-state index contributed by atoms with van der Waals surface area (Å²) in [6, 6.07) is 2.93. The molecule has 2 aliphatic heterocycles. The van der Waals surface area contributed by atoms with E-state index < -0.39 is 5.82 Å². The number of halogens is 1. The number of aromatic nitrogens is 2. The van der Waals surface area contributed by atoms with Crippen molar-refractivity contribution in [3.63, 3.8) is 0 Å². The van der Waals surface area contributed by atoms with E-state index in [2.05, 4.69) is 15.0 Å². The van der Waals surface area contributed by atoms with Gasteiger partial charge in [-0.1, -0.05) is 5.16 Å². The molecule has 0 radical (unpaired) electrons. The molecule has 0 spiro atoms. The standard InChI is InChI=1S/C17H20FN3O3/c18-14-4-1-6-19-17(14)23-12-3-2-7-21(9-12)10-15-13-11-22-8-5-16(13)24-20-15/h1,4,6,12H,2-3,5,7-11H2. The van der Waals surface area contributed by atoms with E-state index in [-0.39, 0.29) is 12.0 Å². The molecule has 1 saturated heterocycles. The van der Waals surface area contributed by atoms with Gasteiger partial charge in [0.1, 0.15) is 17.6 Å². The lowest BCUT2D eigenvalue weighted by Gasteiger charge is -2.32. The molecule has 2 aliphatic rings. The van der Waals surface area contributed by atoms with Crippen molar-refractivity contribution in [3.05, 3.63) is 41.2 Å². The Morgan fingerprint density at radius 2 is 2.38 bits per heavy atom. The molecule has 2 aromatic rings. The summed E-state index contributed by atoms with van der Waals surface area (Å²) in [4.78, 5) is 6.24. The first-order chi connectivity index (χ1) is 11.8. The van der Waals surface area contributed by atoms with Gasteiger partial charge in [-0.05, 0) is 31.5 Å². The molecular formula is C17H20FN3O3. The minimum absolute atomic E-state index is 0.0675. The Bertz CT molecular complexity index is 706. The summed E-state index contributed by atoms with van der Waals surface area (Å²) in [7, 11) is 0. The van der Waals surface area contributed by atoms with Gasteiger partial charge >= 0.3 is 0 Å². The molecule has 1 fully saturated rings. The molecule has 1 atom stereocenters. The molecule has 0 bridgehead atoms. The molecule has 1 unspecified atom stereocenters. The minimum Gasteiger partial charge on any atom is -0.471 e. The van der Waals surface area contributed by atoms with Gasteiger partial charge in [-0.25, -0.2) is 9.37 Å². The number of piperidine rings is 1. The van der Waals surface area contributed by atoms with E-state index in [1.165, 1.54) is 6.07 Å². The number of hydrogen-bond acceptors (Lipinski definition) is 6. The van der Waals surface area contributed by atoms with E-state index >= 15 is 0 Å². The van der Waals surface area contributed by atoms with Crippen LogP contribution in [0.1, 0.15) is 29.9 Å². The van der Waals surface area contributed by atoms with E-state index in [1.54, 1.807) is 12.3 Å². The zero-order valence-electron chi connectivity index (χ0n) is 13.4. The van der Waals surface area contributed by atoms with Gasteiger partial charge in [0.25, 0.3) is 5.88 Å². The van der Waals surface area contributed by atoms with Crippen molar-refractivity contribution < 1.29 is 18.4 Å². The monoisotopic (exact) mass is 333 g/mol. The highest BCUT2D eigenvalue weighted by atomic mass is 19.1. The quantitative estimate of drug-likeness (QED) is 0.856. The fourth-order valence-electron chi connectivity index (χ4n) is 3.29. The maximum Gasteiger partial charge on any atom is 0.250 e. The molecule has 24 heavy (non-hydrogen) atoms. The van der Waals surface area contributed by atoms with Crippen molar-refractivity contribution in [2.75, 3.05) is 19.7 Å². The first kappa shape index (κ1) is 15.5. The predicted molar refractivity (Wildman–Crippen MR) is 83.0 cm³/mol. The largest absolute Gasteiger partial charge is 0.471 e. The van der Waals surface area contributed by atoms with Gasteiger partial charge in [-0.3, -0.25) is 4.90 Å². The smallest absolute Gasteiger partial charge is 0.250 e. The van der Waals surface area contributed by atoms with Gasteiger partial charge in [0.05, 0.1) is 13.2 Å². The van der Waals surface area contributed by atoms with Crippen molar-refractivity contribution in [3.8, 4) is 5.88 Å². The minimum atomic E-state index is -0.419. The van der Waals surface area contributed by atoms with E-state index in [0.717, 1.165) is 49.4 Å². The highest BCUT2D eigenvalue weighted by Gasteiger charge is 2.26. The van der Waals surface area contributed by atoms with Crippen LogP contribution in [0.3, 0.4) is 0 Å². The van der Waals surface area contributed by atoms with Crippen LogP contribution in [0, 0.1) is 5.82 Å².